The van der Waals surface area contributed by atoms with Crippen LogP contribution in [0.25, 0.3) is 0 Å². The van der Waals surface area contributed by atoms with E-state index in [0.29, 0.717) is 6.42 Å². The van der Waals surface area contributed by atoms with Crippen LogP contribution in [0.1, 0.15) is 23.7 Å². The van der Waals surface area contributed by atoms with E-state index in [0.717, 1.165) is 30.9 Å². The summed E-state index contributed by atoms with van der Waals surface area (Å²) in [4.78, 5) is 14.2. The molecule has 3 nitrogen and oxygen atoms in total. The van der Waals surface area contributed by atoms with E-state index in [9.17, 15) is 4.79 Å². The fourth-order valence-electron chi connectivity index (χ4n) is 2.16. The molecule has 1 unspecified atom stereocenters. The Hall–Kier alpha value is -1.00. The standard InChI is InChI=1S/C14H19NO2S/c1-3-13(16)11-6-4-5-7-12(11)15-8-9-17-14(10-15)18-2/h4-7,14H,3,8-10H2,1-2H3. The van der Waals surface area contributed by atoms with Gasteiger partial charge in [0.25, 0.3) is 0 Å². The van der Waals surface area contributed by atoms with Crippen LogP contribution in [-0.4, -0.2) is 37.2 Å². The minimum Gasteiger partial charge on any atom is -0.365 e. The Kier molecular flexibility index (Phi) is 4.66. The summed E-state index contributed by atoms with van der Waals surface area (Å²) in [6.07, 6.45) is 2.60. The third kappa shape index (κ3) is 2.87. The van der Waals surface area contributed by atoms with Crippen LogP contribution >= 0.6 is 11.8 Å². The molecule has 1 saturated heterocycles. The molecule has 18 heavy (non-hydrogen) atoms. The summed E-state index contributed by atoms with van der Waals surface area (Å²) in [5, 5.41) is 0. The highest BCUT2D eigenvalue weighted by Crippen LogP contribution is 2.25. The molecule has 0 aliphatic carbocycles. The van der Waals surface area contributed by atoms with Crippen molar-refractivity contribution in [3.63, 3.8) is 0 Å². The lowest BCUT2D eigenvalue weighted by Crippen LogP contribution is -2.41. The van der Waals surface area contributed by atoms with Crippen molar-refractivity contribution in [1.29, 1.82) is 0 Å². The van der Waals surface area contributed by atoms with Crippen molar-refractivity contribution < 1.29 is 9.53 Å². The van der Waals surface area contributed by atoms with Crippen molar-refractivity contribution in [3.8, 4) is 0 Å². The number of carbonyl (C=O) groups excluding carboxylic acids is 1. The van der Waals surface area contributed by atoms with Crippen molar-refractivity contribution in [3.05, 3.63) is 29.8 Å². The van der Waals surface area contributed by atoms with Gasteiger partial charge >= 0.3 is 0 Å². The van der Waals surface area contributed by atoms with Gasteiger partial charge in [-0.1, -0.05) is 19.1 Å². The van der Waals surface area contributed by atoms with Crippen molar-refractivity contribution in [2.75, 3.05) is 30.9 Å². The Morgan fingerprint density at radius 3 is 3.00 bits per heavy atom. The van der Waals surface area contributed by atoms with Gasteiger partial charge in [-0.3, -0.25) is 4.79 Å². The molecule has 1 atom stereocenters. The third-order valence-corrected chi connectivity index (χ3v) is 3.97. The average Bonchev–Trinajstić information content (AvgIpc) is 2.46. The number of anilines is 1. The van der Waals surface area contributed by atoms with Gasteiger partial charge in [0.1, 0.15) is 5.44 Å². The second kappa shape index (κ2) is 6.25. The number of ketones is 1. The Bertz CT molecular complexity index is 422. The zero-order valence-corrected chi connectivity index (χ0v) is 11.7. The molecule has 0 saturated carbocycles. The number of morpholine rings is 1. The molecule has 1 aliphatic heterocycles. The second-order valence-corrected chi connectivity index (χ2v) is 5.27. The normalized spacial score (nSPS) is 19.9. The lowest BCUT2D eigenvalue weighted by molar-refractivity contribution is 0.0963. The number of benzene rings is 1. The van der Waals surface area contributed by atoms with Gasteiger partial charge in [-0.15, -0.1) is 11.8 Å². The number of nitrogens with zero attached hydrogens (tertiary/aromatic N) is 1. The van der Waals surface area contributed by atoms with Gasteiger partial charge < -0.3 is 9.64 Å². The number of Topliss-reactive ketones (excluding diaryl/α,β-unsaturated/α-hetero) is 1. The summed E-state index contributed by atoms with van der Waals surface area (Å²) in [6.45, 7) is 4.32. The van der Waals surface area contributed by atoms with Crippen LogP contribution in [0.3, 0.4) is 0 Å². The largest absolute Gasteiger partial charge is 0.365 e. The number of hydrogen-bond donors (Lipinski definition) is 0. The predicted molar refractivity (Wildman–Crippen MR) is 76.5 cm³/mol. The molecule has 4 heteroatoms. The van der Waals surface area contributed by atoms with E-state index >= 15 is 0 Å². The average molecular weight is 265 g/mol. The van der Waals surface area contributed by atoms with E-state index in [2.05, 4.69) is 11.2 Å². The van der Waals surface area contributed by atoms with Gasteiger partial charge in [0.05, 0.1) is 13.2 Å². The SMILES string of the molecule is CCC(=O)c1ccccc1N1CCOC(SC)C1. The first kappa shape index (κ1) is 13.4. The van der Waals surface area contributed by atoms with Crippen LogP contribution in [0, 0.1) is 0 Å². The van der Waals surface area contributed by atoms with Crippen LogP contribution in [0.5, 0.6) is 0 Å². The van der Waals surface area contributed by atoms with Crippen LogP contribution in [0.2, 0.25) is 0 Å². The molecule has 0 spiro atoms. The van der Waals surface area contributed by atoms with Crippen LogP contribution < -0.4 is 4.90 Å². The molecule has 0 radical (unpaired) electrons. The smallest absolute Gasteiger partial charge is 0.164 e. The van der Waals surface area contributed by atoms with Crippen LogP contribution in [0.4, 0.5) is 5.69 Å². The van der Waals surface area contributed by atoms with E-state index in [1.54, 1.807) is 11.8 Å². The first-order chi connectivity index (χ1) is 8.76. The van der Waals surface area contributed by atoms with Crippen LogP contribution in [0.15, 0.2) is 24.3 Å². The van der Waals surface area contributed by atoms with Crippen molar-refractivity contribution in [2.24, 2.45) is 0 Å². The van der Waals surface area contributed by atoms with E-state index in [-0.39, 0.29) is 11.2 Å². The van der Waals surface area contributed by atoms with Crippen molar-refractivity contribution in [1.82, 2.24) is 0 Å². The molecule has 2 rings (SSSR count). The summed E-state index contributed by atoms with van der Waals surface area (Å²) in [5.41, 5.74) is 2.08. The first-order valence-electron chi connectivity index (χ1n) is 6.27. The van der Waals surface area contributed by atoms with Crippen molar-refractivity contribution >= 4 is 23.2 Å². The molecule has 0 amide bonds. The van der Waals surface area contributed by atoms with E-state index < -0.39 is 0 Å². The minimum absolute atomic E-state index is 0.198. The Morgan fingerprint density at radius 2 is 2.28 bits per heavy atom. The second-order valence-electron chi connectivity index (χ2n) is 4.28. The summed E-state index contributed by atoms with van der Waals surface area (Å²) in [5.74, 6) is 0.206. The number of rotatable bonds is 4. The molecular weight excluding hydrogens is 246 g/mol. The molecule has 0 bridgehead atoms. The predicted octanol–water partition coefficient (Wildman–Crippen LogP) is 2.81. The zero-order chi connectivity index (χ0) is 13.0. The Morgan fingerprint density at radius 1 is 1.50 bits per heavy atom. The highest BCUT2D eigenvalue weighted by atomic mass is 32.2. The number of carbonyl (C=O) groups is 1. The maximum atomic E-state index is 12.0. The maximum Gasteiger partial charge on any atom is 0.164 e. The number of hydrogen-bond acceptors (Lipinski definition) is 4. The topological polar surface area (TPSA) is 29.5 Å². The summed E-state index contributed by atoms with van der Waals surface area (Å²) >= 11 is 1.72. The fourth-order valence-corrected chi connectivity index (χ4v) is 2.72. The first-order valence-corrected chi connectivity index (χ1v) is 7.56. The molecule has 1 aliphatic rings. The highest BCUT2D eigenvalue weighted by molar-refractivity contribution is 7.99. The molecule has 98 valence electrons. The molecule has 0 N–H and O–H groups in total. The van der Waals surface area contributed by atoms with Gasteiger partial charge in [-0.25, -0.2) is 0 Å². The molecule has 1 fully saturated rings. The molecule has 1 aromatic rings. The number of thioether (sulfide) groups is 1. The maximum absolute atomic E-state index is 12.0. The highest BCUT2D eigenvalue weighted by Gasteiger charge is 2.22. The van der Waals surface area contributed by atoms with Gasteiger partial charge in [0, 0.05) is 24.2 Å². The van der Waals surface area contributed by atoms with E-state index in [1.165, 1.54) is 0 Å². The van der Waals surface area contributed by atoms with Gasteiger partial charge in [0.2, 0.25) is 0 Å². The quantitative estimate of drug-likeness (QED) is 0.783. The lowest BCUT2D eigenvalue weighted by atomic mass is 10.1. The fraction of sp³-hybridized carbons (Fsp3) is 0.500. The third-order valence-electron chi connectivity index (χ3n) is 3.16. The summed E-state index contributed by atoms with van der Waals surface area (Å²) in [6, 6.07) is 7.88. The lowest BCUT2D eigenvalue weighted by Gasteiger charge is -2.34. The monoisotopic (exact) mass is 265 g/mol. The van der Waals surface area contributed by atoms with Gasteiger partial charge in [-0.05, 0) is 18.4 Å². The zero-order valence-electron chi connectivity index (χ0n) is 10.9. The molecule has 1 heterocycles. The van der Waals surface area contributed by atoms with Gasteiger partial charge in [0.15, 0.2) is 5.78 Å². The summed E-state index contributed by atoms with van der Waals surface area (Å²) < 4.78 is 5.64. The van der Waals surface area contributed by atoms with Gasteiger partial charge in [-0.2, -0.15) is 0 Å². The Balaban J connectivity index is 2.24. The van der Waals surface area contributed by atoms with E-state index in [1.807, 2.05) is 31.2 Å². The number of ether oxygens (including phenoxy) is 1. The summed E-state index contributed by atoms with van der Waals surface area (Å²) in [7, 11) is 0. The Labute approximate surface area is 113 Å². The molecule has 0 aromatic heterocycles. The van der Waals surface area contributed by atoms with Crippen LogP contribution in [-0.2, 0) is 4.74 Å². The molecule has 1 aromatic carbocycles. The molecular formula is C14H19NO2S. The van der Waals surface area contributed by atoms with Crippen molar-refractivity contribution in [2.45, 2.75) is 18.8 Å². The van der Waals surface area contributed by atoms with E-state index in [4.69, 9.17) is 4.74 Å². The number of para-hydroxylation sites is 1. The minimum atomic E-state index is 0.198.